The smallest absolute Gasteiger partial charge is 0.266 e. The number of nitrogens with zero attached hydrogens (tertiary/aromatic N) is 2. The van der Waals surface area contributed by atoms with Crippen LogP contribution >= 0.6 is 34.4 Å². The van der Waals surface area contributed by atoms with Crippen LogP contribution in [0.25, 0.3) is 6.08 Å². The first-order valence-electron chi connectivity index (χ1n) is 9.56. The summed E-state index contributed by atoms with van der Waals surface area (Å²) in [4.78, 5) is 19.9. The van der Waals surface area contributed by atoms with Crippen molar-refractivity contribution in [2.24, 2.45) is 4.99 Å². The van der Waals surface area contributed by atoms with Crippen molar-refractivity contribution in [2.45, 2.75) is 6.92 Å². The Morgan fingerprint density at radius 1 is 1.19 bits per heavy atom. The van der Waals surface area contributed by atoms with Gasteiger partial charge in [-0.15, -0.1) is 0 Å². The molecule has 1 saturated heterocycles. The van der Waals surface area contributed by atoms with Gasteiger partial charge in [-0.05, 0) is 89.3 Å². The number of methoxy groups -OCH3 is 2. The Labute approximate surface area is 200 Å². The molecule has 31 heavy (non-hydrogen) atoms. The van der Waals surface area contributed by atoms with Crippen LogP contribution in [0.1, 0.15) is 12.5 Å². The molecule has 2 aromatic rings. The standard InChI is InChI=1S/C23H23IN2O4S/c1-5-11-30-21-18(24)12-15(13-19(21)29-4)14-20-22(27)26(6-2)23(31-20)25-16-7-9-17(28-3)10-8-16/h5,7-10,12-14H,1,6,11H2,2-4H3/b20-14-,25-23?. The average molecular weight is 550 g/mol. The molecule has 0 bridgehead atoms. The van der Waals surface area contributed by atoms with E-state index >= 15 is 0 Å². The molecule has 1 heterocycles. The molecule has 0 atom stereocenters. The van der Waals surface area contributed by atoms with Gasteiger partial charge in [0.25, 0.3) is 5.91 Å². The Bertz CT molecular complexity index is 1030. The summed E-state index contributed by atoms with van der Waals surface area (Å²) in [5, 5.41) is 0.650. The minimum atomic E-state index is -0.0688. The lowest BCUT2D eigenvalue weighted by Crippen LogP contribution is -2.28. The number of halogens is 1. The van der Waals surface area contributed by atoms with Crippen LogP contribution in [-0.4, -0.2) is 43.3 Å². The fourth-order valence-corrected chi connectivity index (χ4v) is 4.74. The van der Waals surface area contributed by atoms with E-state index in [2.05, 4.69) is 34.2 Å². The zero-order valence-electron chi connectivity index (χ0n) is 17.6. The Balaban J connectivity index is 1.92. The molecule has 3 rings (SSSR count). The monoisotopic (exact) mass is 550 g/mol. The van der Waals surface area contributed by atoms with E-state index < -0.39 is 0 Å². The first-order chi connectivity index (χ1) is 15.0. The van der Waals surface area contributed by atoms with Crippen molar-refractivity contribution in [2.75, 3.05) is 27.4 Å². The van der Waals surface area contributed by atoms with Gasteiger partial charge in [-0.2, -0.15) is 0 Å². The lowest BCUT2D eigenvalue weighted by atomic mass is 10.2. The predicted octanol–water partition coefficient (Wildman–Crippen LogP) is 5.50. The second-order valence-corrected chi connectivity index (χ2v) is 8.56. The third kappa shape index (κ3) is 5.43. The summed E-state index contributed by atoms with van der Waals surface area (Å²) in [5.41, 5.74) is 1.61. The number of rotatable bonds is 8. The lowest BCUT2D eigenvalue weighted by Gasteiger charge is -2.13. The van der Waals surface area contributed by atoms with E-state index in [4.69, 9.17) is 14.2 Å². The van der Waals surface area contributed by atoms with Crippen LogP contribution < -0.4 is 14.2 Å². The summed E-state index contributed by atoms with van der Waals surface area (Å²) in [6.07, 6.45) is 3.54. The molecule has 162 valence electrons. The molecular weight excluding hydrogens is 527 g/mol. The SMILES string of the molecule is C=CCOc1c(I)cc(/C=C2\SC(=Nc3ccc(OC)cc3)N(CC)C2=O)cc1OC. The highest BCUT2D eigenvalue weighted by Gasteiger charge is 2.32. The Hall–Kier alpha value is -2.46. The van der Waals surface area contributed by atoms with E-state index in [1.54, 1.807) is 25.2 Å². The van der Waals surface area contributed by atoms with Crippen LogP contribution in [0.3, 0.4) is 0 Å². The van der Waals surface area contributed by atoms with Crippen molar-refractivity contribution in [3.63, 3.8) is 0 Å². The molecule has 0 aliphatic carbocycles. The highest BCUT2D eigenvalue weighted by molar-refractivity contribution is 14.1. The van der Waals surface area contributed by atoms with Gasteiger partial charge in [-0.25, -0.2) is 4.99 Å². The summed E-state index contributed by atoms with van der Waals surface area (Å²) < 4.78 is 17.3. The topological polar surface area (TPSA) is 60.4 Å². The average Bonchev–Trinajstić information content (AvgIpc) is 3.06. The number of aliphatic imine (C=N–C) groups is 1. The molecule has 1 aliphatic heterocycles. The van der Waals surface area contributed by atoms with Gasteiger partial charge in [-0.3, -0.25) is 9.69 Å². The van der Waals surface area contributed by atoms with E-state index in [0.29, 0.717) is 34.7 Å². The number of ether oxygens (including phenoxy) is 3. The van der Waals surface area contributed by atoms with E-state index in [1.165, 1.54) is 11.8 Å². The highest BCUT2D eigenvalue weighted by Crippen LogP contribution is 2.38. The van der Waals surface area contributed by atoms with Crippen LogP contribution in [0, 0.1) is 3.57 Å². The summed E-state index contributed by atoms with van der Waals surface area (Å²) in [6.45, 7) is 6.53. The van der Waals surface area contributed by atoms with Gasteiger partial charge in [0.15, 0.2) is 16.7 Å². The molecule has 1 amide bonds. The normalized spacial score (nSPS) is 16.1. The first-order valence-corrected chi connectivity index (χ1v) is 11.5. The number of hydrogen-bond acceptors (Lipinski definition) is 6. The minimum absolute atomic E-state index is 0.0688. The quantitative estimate of drug-likeness (QED) is 0.247. The molecule has 0 aromatic heterocycles. The molecule has 1 aliphatic rings. The minimum Gasteiger partial charge on any atom is -0.497 e. The number of hydrogen-bond donors (Lipinski definition) is 0. The second kappa shape index (κ2) is 10.7. The highest BCUT2D eigenvalue weighted by atomic mass is 127. The van der Waals surface area contributed by atoms with Crippen LogP contribution in [0.5, 0.6) is 17.2 Å². The van der Waals surface area contributed by atoms with Gasteiger partial charge in [0.2, 0.25) is 0 Å². The second-order valence-electron chi connectivity index (χ2n) is 6.39. The van der Waals surface area contributed by atoms with Crippen molar-refractivity contribution in [1.82, 2.24) is 4.90 Å². The molecule has 1 fully saturated rings. The van der Waals surface area contributed by atoms with Crippen molar-refractivity contribution in [3.8, 4) is 17.2 Å². The fraction of sp³-hybridized carbons (Fsp3) is 0.217. The van der Waals surface area contributed by atoms with Gasteiger partial charge in [0.05, 0.1) is 28.4 Å². The maximum atomic E-state index is 13.0. The molecular formula is C23H23IN2O4S. The van der Waals surface area contributed by atoms with E-state index in [9.17, 15) is 4.79 Å². The molecule has 0 unspecified atom stereocenters. The van der Waals surface area contributed by atoms with E-state index in [1.807, 2.05) is 49.4 Å². The first kappa shape index (κ1) is 23.2. The number of benzene rings is 2. The van der Waals surface area contributed by atoms with Crippen molar-refractivity contribution in [1.29, 1.82) is 0 Å². The van der Waals surface area contributed by atoms with Crippen molar-refractivity contribution in [3.05, 3.63) is 63.1 Å². The molecule has 8 heteroatoms. The zero-order chi connectivity index (χ0) is 22.4. The number of amidine groups is 1. The maximum absolute atomic E-state index is 13.0. The Morgan fingerprint density at radius 2 is 1.94 bits per heavy atom. The molecule has 0 saturated carbocycles. The van der Waals surface area contributed by atoms with Crippen LogP contribution in [0.2, 0.25) is 0 Å². The summed E-state index contributed by atoms with van der Waals surface area (Å²) in [5.74, 6) is 1.96. The van der Waals surface area contributed by atoms with Gasteiger partial charge in [0, 0.05) is 6.54 Å². The van der Waals surface area contributed by atoms with Crippen molar-refractivity contribution < 1.29 is 19.0 Å². The number of amides is 1. The largest absolute Gasteiger partial charge is 0.497 e. The number of carbonyl (C=O) groups excluding carboxylic acids is 1. The Kier molecular flexibility index (Phi) is 8.03. The zero-order valence-corrected chi connectivity index (χ0v) is 20.5. The molecule has 0 radical (unpaired) electrons. The molecule has 6 nitrogen and oxygen atoms in total. The van der Waals surface area contributed by atoms with E-state index in [-0.39, 0.29) is 5.91 Å². The third-order valence-corrected chi connectivity index (χ3v) is 6.20. The molecule has 0 spiro atoms. The number of likely N-dealkylation sites (N-methyl/N-ethyl adjacent to an activating group) is 1. The molecule has 0 N–H and O–H groups in total. The third-order valence-electron chi connectivity index (χ3n) is 4.40. The van der Waals surface area contributed by atoms with Gasteiger partial charge in [-0.1, -0.05) is 12.7 Å². The maximum Gasteiger partial charge on any atom is 0.266 e. The number of carbonyl (C=O) groups is 1. The Morgan fingerprint density at radius 3 is 2.55 bits per heavy atom. The predicted molar refractivity (Wildman–Crippen MR) is 134 cm³/mol. The van der Waals surface area contributed by atoms with Gasteiger partial charge in [0.1, 0.15) is 12.4 Å². The van der Waals surface area contributed by atoms with Gasteiger partial charge >= 0.3 is 0 Å². The van der Waals surface area contributed by atoms with Crippen LogP contribution in [0.15, 0.2) is 59.0 Å². The van der Waals surface area contributed by atoms with E-state index in [0.717, 1.165) is 20.6 Å². The van der Waals surface area contributed by atoms with Crippen LogP contribution in [0.4, 0.5) is 5.69 Å². The summed E-state index contributed by atoms with van der Waals surface area (Å²) in [6, 6.07) is 11.2. The van der Waals surface area contributed by atoms with Crippen LogP contribution in [-0.2, 0) is 4.79 Å². The summed E-state index contributed by atoms with van der Waals surface area (Å²) >= 11 is 3.56. The lowest BCUT2D eigenvalue weighted by molar-refractivity contribution is -0.122. The van der Waals surface area contributed by atoms with Gasteiger partial charge < -0.3 is 14.2 Å². The molecule has 2 aromatic carbocycles. The number of thioether (sulfide) groups is 1. The fourth-order valence-electron chi connectivity index (χ4n) is 2.89. The summed E-state index contributed by atoms with van der Waals surface area (Å²) in [7, 11) is 3.22. The van der Waals surface area contributed by atoms with Crippen molar-refractivity contribution >= 4 is 57.2 Å².